The average Bonchev–Trinajstić information content (AvgIpc) is 2.69. The summed E-state index contributed by atoms with van der Waals surface area (Å²) in [5.41, 5.74) is 2.47. The van der Waals surface area contributed by atoms with Gasteiger partial charge in [0.2, 0.25) is 0 Å². The van der Waals surface area contributed by atoms with E-state index < -0.39 is 0 Å². The molecule has 3 aromatic carbocycles. The molecular formula is C22H18FNOS. The van der Waals surface area contributed by atoms with Gasteiger partial charge in [-0.1, -0.05) is 37.3 Å². The minimum Gasteiger partial charge on any atom is -0.456 e. The lowest BCUT2D eigenvalue weighted by atomic mass is 10.1. The Morgan fingerprint density at radius 3 is 2.50 bits per heavy atom. The van der Waals surface area contributed by atoms with Gasteiger partial charge in [0.1, 0.15) is 23.4 Å². The molecule has 0 amide bonds. The third-order valence-corrected chi connectivity index (χ3v) is 5.01. The Bertz CT molecular complexity index is 935. The Labute approximate surface area is 157 Å². The first-order valence-electron chi connectivity index (χ1n) is 8.36. The second-order valence-electron chi connectivity index (χ2n) is 5.75. The van der Waals surface area contributed by atoms with Crippen molar-refractivity contribution >= 4 is 11.8 Å². The van der Waals surface area contributed by atoms with Crippen molar-refractivity contribution in [1.29, 1.82) is 5.26 Å². The van der Waals surface area contributed by atoms with Gasteiger partial charge in [0.05, 0.1) is 5.56 Å². The lowest BCUT2D eigenvalue weighted by molar-refractivity contribution is 0.472. The molecule has 0 saturated carbocycles. The number of benzene rings is 3. The molecule has 26 heavy (non-hydrogen) atoms. The third kappa shape index (κ3) is 4.44. The van der Waals surface area contributed by atoms with E-state index in [1.807, 2.05) is 37.3 Å². The van der Waals surface area contributed by atoms with E-state index in [1.54, 1.807) is 23.9 Å². The molecule has 0 aliphatic heterocycles. The topological polar surface area (TPSA) is 33.0 Å². The van der Waals surface area contributed by atoms with E-state index in [2.05, 4.69) is 18.2 Å². The summed E-state index contributed by atoms with van der Waals surface area (Å²) in [6, 6.07) is 22.4. The highest BCUT2D eigenvalue weighted by Crippen LogP contribution is 2.32. The SMILES string of the molecule is CCc1cc(F)ccc1Oc1ccc(SCc2ccccc2)cc1C#N. The fourth-order valence-electron chi connectivity index (χ4n) is 2.56. The second-order valence-corrected chi connectivity index (χ2v) is 6.80. The van der Waals surface area contributed by atoms with Crippen LogP contribution in [0.2, 0.25) is 0 Å². The first-order valence-corrected chi connectivity index (χ1v) is 9.35. The average molecular weight is 363 g/mol. The van der Waals surface area contributed by atoms with E-state index in [1.165, 1.54) is 17.7 Å². The largest absolute Gasteiger partial charge is 0.456 e. The molecule has 0 radical (unpaired) electrons. The molecule has 0 aromatic heterocycles. The summed E-state index contributed by atoms with van der Waals surface area (Å²) in [7, 11) is 0. The monoisotopic (exact) mass is 363 g/mol. The molecule has 0 bridgehead atoms. The summed E-state index contributed by atoms with van der Waals surface area (Å²) < 4.78 is 19.3. The molecule has 0 saturated heterocycles. The summed E-state index contributed by atoms with van der Waals surface area (Å²) in [5.74, 6) is 1.61. The summed E-state index contributed by atoms with van der Waals surface area (Å²) in [4.78, 5) is 1.01. The highest BCUT2D eigenvalue weighted by Gasteiger charge is 2.10. The first-order chi connectivity index (χ1) is 12.7. The number of hydrogen-bond acceptors (Lipinski definition) is 3. The number of hydrogen-bond donors (Lipinski definition) is 0. The maximum absolute atomic E-state index is 13.4. The maximum atomic E-state index is 13.4. The normalized spacial score (nSPS) is 10.3. The van der Waals surface area contributed by atoms with Crippen LogP contribution in [0, 0.1) is 17.1 Å². The van der Waals surface area contributed by atoms with E-state index in [0.717, 1.165) is 16.2 Å². The first kappa shape index (κ1) is 18.0. The van der Waals surface area contributed by atoms with Crippen molar-refractivity contribution in [2.75, 3.05) is 0 Å². The van der Waals surface area contributed by atoms with Crippen molar-refractivity contribution in [3.63, 3.8) is 0 Å². The van der Waals surface area contributed by atoms with E-state index in [9.17, 15) is 9.65 Å². The van der Waals surface area contributed by atoms with Gasteiger partial charge in [-0.15, -0.1) is 11.8 Å². The molecule has 0 unspecified atom stereocenters. The Morgan fingerprint density at radius 1 is 1.00 bits per heavy atom. The van der Waals surface area contributed by atoms with E-state index in [-0.39, 0.29) is 5.82 Å². The fourth-order valence-corrected chi connectivity index (χ4v) is 3.45. The van der Waals surface area contributed by atoms with Crippen molar-refractivity contribution < 1.29 is 9.13 Å². The minimum atomic E-state index is -0.289. The number of aryl methyl sites for hydroxylation is 1. The number of halogens is 1. The lowest BCUT2D eigenvalue weighted by Gasteiger charge is -2.12. The summed E-state index contributed by atoms with van der Waals surface area (Å²) >= 11 is 1.67. The van der Waals surface area contributed by atoms with Crippen LogP contribution in [0.15, 0.2) is 71.6 Å². The molecule has 130 valence electrons. The van der Waals surface area contributed by atoms with Gasteiger partial charge in [0.25, 0.3) is 0 Å². The van der Waals surface area contributed by atoms with E-state index >= 15 is 0 Å². The van der Waals surface area contributed by atoms with E-state index in [4.69, 9.17) is 4.74 Å². The summed E-state index contributed by atoms with van der Waals surface area (Å²) in [6.45, 7) is 1.94. The zero-order chi connectivity index (χ0) is 18.4. The second kappa shape index (κ2) is 8.55. The van der Waals surface area contributed by atoms with Gasteiger partial charge in [-0.2, -0.15) is 5.26 Å². The highest BCUT2D eigenvalue weighted by molar-refractivity contribution is 7.98. The van der Waals surface area contributed by atoms with Crippen LogP contribution in [0.5, 0.6) is 11.5 Å². The Hall–Kier alpha value is -2.77. The number of ether oxygens (including phenoxy) is 1. The van der Waals surface area contributed by atoms with Gasteiger partial charge < -0.3 is 4.74 Å². The zero-order valence-corrected chi connectivity index (χ0v) is 15.2. The van der Waals surface area contributed by atoms with Crippen LogP contribution in [0.4, 0.5) is 4.39 Å². The van der Waals surface area contributed by atoms with Crippen LogP contribution in [0.3, 0.4) is 0 Å². The molecule has 2 nitrogen and oxygen atoms in total. The van der Waals surface area contributed by atoms with Gasteiger partial charge >= 0.3 is 0 Å². The van der Waals surface area contributed by atoms with Crippen molar-refractivity contribution in [2.24, 2.45) is 0 Å². The Morgan fingerprint density at radius 2 is 1.77 bits per heavy atom. The minimum absolute atomic E-state index is 0.289. The standard InChI is InChI=1S/C22H18FNOS/c1-2-17-12-19(23)8-10-21(17)25-22-11-9-20(13-18(22)14-24)26-15-16-6-4-3-5-7-16/h3-13H,2,15H2,1H3. The number of thioether (sulfide) groups is 1. The van der Waals surface area contributed by atoms with Crippen LogP contribution in [-0.4, -0.2) is 0 Å². The van der Waals surface area contributed by atoms with Gasteiger partial charge in [-0.3, -0.25) is 0 Å². The van der Waals surface area contributed by atoms with Gasteiger partial charge in [-0.25, -0.2) is 4.39 Å². The predicted molar refractivity (Wildman–Crippen MR) is 103 cm³/mol. The highest BCUT2D eigenvalue weighted by atomic mass is 32.2. The van der Waals surface area contributed by atoms with Crippen molar-refractivity contribution in [2.45, 2.75) is 24.0 Å². The molecule has 0 aliphatic carbocycles. The van der Waals surface area contributed by atoms with Crippen LogP contribution in [-0.2, 0) is 12.2 Å². The third-order valence-electron chi connectivity index (χ3n) is 3.94. The number of nitrogens with zero attached hydrogens (tertiary/aromatic N) is 1. The molecular weight excluding hydrogens is 345 g/mol. The number of nitriles is 1. The Balaban J connectivity index is 1.78. The van der Waals surface area contributed by atoms with E-state index in [0.29, 0.717) is 23.5 Å². The zero-order valence-electron chi connectivity index (χ0n) is 14.4. The smallest absolute Gasteiger partial charge is 0.145 e. The molecule has 0 N–H and O–H groups in total. The molecule has 0 spiro atoms. The molecule has 0 fully saturated rings. The van der Waals surface area contributed by atoms with Gasteiger partial charge in [0, 0.05) is 10.6 Å². The lowest BCUT2D eigenvalue weighted by Crippen LogP contribution is -1.94. The molecule has 0 atom stereocenters. The van der Waals surface area contributed by atoms with Gasteiger partial charge in [0.15, 0.2) is 0 Å². The maximum Gasteiger partial charge on any atom is 0.145 e. The quantitative estimate of drug-likeness (QED) is 0.479. The molecule has 4 heteroatoms. The Kier molecular flexibility index (Phi) is 5.93. The van der Waals surface area contributed by atoms with Crippen LogP contribution >= 0.6 is 11.8 Å². The van der Waals surface area contributed by atoms with Gasteiger partial charge in [-0.05, 0) is 53.9 Å². The van der Waals surface area contributed by atoms with Crippen LogP contribution in [0.25, 0.3) is 0 Å². The van der Waals surface area contributed by atoms with Crippen molar-refractivity contribution in [3.8, 4) is 17.6 Å². The predicted octanol–water partition coefficient (Wildman–Crippen LogP) is 6.34. The molecule has 0 aliphatic rings. The molecule has 3 rings (SSSR count). The summed E-state index contributed by atoms with van der Waals surface area (Å²) in [5, 5.41) is 9.48. The molecule has 0 heterocycles. The fraction of sp³-hybridized carbons (Fsp3) is 0.136. The van der Waals surface area contributed by atoms with Crippen LogP contribution < -0.4 is 4.74 Å². The van der Waals surface area contributed by atoms with Crippen molar-refractivity contribution in [1.82, 2.24) is 0 Å². The van der Waals surface area contributed by atoms with Crippen molar-refractivity contribution in [3.05, 3.63) is 89.2 Å². The van der Waals surface area contributed by atoms with Crippen LogP contribution in [0.1, 0.15) is 23.6 Å². The summed E-state index contributed by atoms with van der Waals surface area (Å²) in [6.07, 6.45) is 0.653. The molecule has 3 aromatic rings. The number of rotatable bonds is 6.